The Bertz CT molecular complexity index is 993. The minimum atomic E-state index is -3.83. The lowest BCUT2D eigenvalue weighted by molar-refractivity contribution is -0.126. The maximum atomic E-state index is 13.2. The van der Waals surface area contributed by atoms with Gasteiger partial charge in [0.15, 0.2) is 0 Å². The number of nitrogens with zero attached hydrogens (tertiary/aromatic N) is 3. The van der Waals surface area contributed by atoms with Gasteiger partial charge in [-0.3, -0.25) is 9.69 Å². The van der Waals surface area contributed by atoms with E-state index in [2.05, 4.69) is 22.0 Å². The molecule has 1 fully saturated rings. The molecule has 0 atom stereocenters. The fourth-order valence-electron chi connectivity index (χ4n) is 3.90. The van der Waals surface area contributed by atoms with Gasteiger partial charge in [0.25, 0.3) is 15.9 Å². The summed E-state index contributed by atoms with van der Waals surface area (Å²) in [5, 5.41) is 0. The fraction of sp³-hybridized carbons (Fsp3) is 0.333. The normalized spacial score (nSPS) is 19.5. The molecular formula is C21H23N3O3S. The number of rotatable bonds is 4. The molecule has 28 heavy (non-hydrogen) atoms. The number of benzene rings is 2. The SMILES string of the molecule is Cc1ccc(S(=O)(=O)N2C=NC(=O)C23CCN(Cc2ccccc2)CC3)cc1. The van der Waals surface area contributed by atoms with Crippen LogP contribution in [0.1, 0.15) is 24.0 Å². The lowest BCUT2D eigenvalue weighted by atomic mass is 9.87. The zero-order valence-corrected chi connectivity index (χ0v) is 16.6. The summed E-state index contributed by atoms with van der Waals surface area (Å²) < 4.78 is 27.6. The minimum Gasteiger partial charge on any atom is -0.299 e. The number of aliphatic imine (C=N–C) groups is 1. The van der Waals surface area contributed by atoms with Crippen LogP contribution in [0.15, 0.2) is 64.5 Å². The van der Waals surface area contributed by atoms with Crippen molar-refractivity contribution in [2.45, 2.75) is 36.7 Å². The zero-order valence-electron chi connectivity index (χ0n) is 15.8. The van der Waals surface area contributed by atoms with E-state index in [0.29, 0.717) is 25.9 Å². The quantitative estimate of drug-likeness (QED) is 0.795. The van der Waals surface area contributed by atoms with Crippen LogP contribution in [-0.2, 0) is 21.4 Å². The van der Waals surface area contributed by atoms with E-state index in [4.69, 9.17) is 0 Å². The summed E-state index contributed by atoms with van der Waals surface area (Å²) in [7, 11) is -3.83. The Morgan fingerprint density at radius 1 is 1.00 bits per heavy atom. The molecule has 2 aromatic carbocycles. The highest BCUT2D eigenvalue weighted by atomic mass is 32.2. The van der Waals surface area contributed by atoms with Gasteiger partial charge in [0.05, 0.1) is 4.90 Å². The first kappa shape index (κ1) is 18.8. The molecule has 6 nitrogen and oxygen atoms in total. The first-order chi connectivity index (χ1) is 13.4. The fourth-order valence-corrected chi connectivity index (χ4v) is 5.50. The second kappa shape index (κ2) is 7.14. The topological polar surface area (TPSA) is 70.0 Å². The third-order valence-corrected chi connectivity index (χ3v) is 7.44. The monoisotopic (exact) mass is 397 g/mol. The molecule has 0 saturated carbocycles. The van der Waals surface area contributed by atoms with E-state index in [-0.39, 0.29) is 10.8 Å². The second-order valence-corrected chi connectivity index (χ2v) is 9.27. The van der Waals surface area contributed by atoms with E-state index in [1.807, 2.05) is 25.1 Å². The van der Waals surface area contributed by atoms with E-state index in [1.165, 1.54) is 16.2 Å². The van der Waals surface area contributed by atoms with Gasteiger partial charge in [0.1, 0.15) is 11.9 Å². The number of aryl methyl sites for hydroxylation is 1. The van der Waals surface area contributed by atoms with Gasteiger partial charge >= 0.3 is 0 Å². The molecule has 0 bridgehead atoms. The summed E-state index contributed by atoms with van der Waals surface area (Å²) in [6.45, 7) is 3.98. The standard InChI is InChI=1S/C21H23N3O3S/c1-17-7-9-19(10-8-17)28(26,27)24-16-22-20(25)21(24)11-13-23(14-12-21)15-18-5-3-2-4-6-18/h2-10,16H,11-15H2,1H3. The molecule has 0 aliphatic carbocycles. The lowest BCUT2D eigenvalue weighted by Crippen LogP contribution is -2.57. The maximum Gasteiger partial charge on any atom is 0.274 e. The van der Waals surface area contributed by atoms with Crippen molar-refractivity contribution in [2.24, 2.45) is 4.99 Å². The Balaban J connectivity index is 1.55. The van der Waals surface area contributed by atoms with Gasteiger partial charge in [0, 0.05) is 19.6 Å². The van der Waals surface area contributed by atoms with Crippen LogP contribution in [0.4, 0.5) is 0 Å². The Morgan fingerprint density at radius 3 is 2.29 bits per heavy atom. The lowest BCUT2D eigenvalue weighted by Gasteiger charge is -2.42. The molecule has 0 unspecified atom stereocenters. The van der Waals surface area contributed by atoms with Gasteiger partial charge in [0.2, 0.25) is 0 Å². The number of carbonyl (C=O) groups excluding carboxylic acids is 1. The molecule has 0 radical (unpaired) electrons. The average Bonchev–Trinajstić information content (AvgIpc) is 3.01. The van der Waals surface area contributed by atoms with E-state index in [9.17, 15) is 13.2 Å². The van der Waals surface area contributed by atoms with Crippen LogP contribution in [0, 0.1) is 6.92 Å². The average molecular weight is 398 g/mol. The largest absolute Gasteiger partial charge is 0.299 e. The third kappa shape index (κ3) is 3.25. The first-order valence-corrected chi connectivity index (χ1v) is 10.8. The van der Waals surface area contributed by atoms with Gasteiger partial charge in [-0.05, 0) is 37.5 Å². The van der Waals surface area contributed by atoms with Crippen LogP contribution in [0.3, 0.4) is 0 Å². The number of piperidine rings is 1. The highest BCUT2D eigenvalue weighted by molar-refractivity contribution is 7.89. The van der Waals surface area contributed by atoms with E-state index >= 15 is 0 Å². The van der Waals surface area contributed by atoms with Crippen molar-refractivity contribution < 1.29 is 13.2 Å². The molecule has 1 saturated heterocycles. The van der Waals surface area contributed by atoms with Crippen LogP contribution in [0.5, 0.6) is 0 Å². The van der Waals surface area contributed by atoms with Crippen molar-refractivity contribution >= 4 is 22.3 Å². The van der Waals surface area contributed by atoms with E-state index in [1.54, 1.807) is 24.3 Å². The molecule has 0 aromatic heterocycles. The minimum absolute atomic E-state index is 0.186. The number of carbonyl (C=O) groups is 1. The van der Waals surface area contributed by atoms with Crippen LogP contribution in [-0.4, -0.2) is 48.5 Å². The number of likely N-dealkylation sites (tertiary alicyclic amines) is 1. The second-order valence-electron chi connectivity index (χ2n) is 7.46. The van der Waals surface area contributed by atoms with Gasteiger partial charge < -0.3 is 0 Å². The van der Waals surface area contributed by atoms with Crippen molar-refractivity contribution in [3.05, 3.63) is 65.7 Å². The maximum absolute atomic E-state index is 13.2. The number of amides is 1. The van der Waals surface area contributed by atoms with Crippen molar-refractivity contribution in [3.63, 3.8) is 0 Å². The van der Waals surface area contributed by atoms with Gasteiger partial charge in [-0.1, -0.05) is 48.0 Å². The molecule has 146 valence electrons. The summed E-state index contributed by atoms with van der Waals surface area (Å²) in [6, 6.07) is 16.8. The summed E-state index contributed by atoms with van der Waals surface area (Å²) in [4.78, 5) is 19.0. The highest BCUT2D eigenvalue weighted by Gasteiger charge is 2.53. The Morgan fingerprint density at radius 2 is 1.64 bits per heavy atom. The van der Waals surface area contributed by atoms with Crippen molar-refractivity contribution in [1.82, 2.24) is 9.21 Å². The Hall–Kier alpha value is -2.51. The molecule has 2 aliphatic rings. The molecule has 1 amide bonds. The predicted molar refractivity (Wildman–Crippen MR) is 107 cm³/mol. The molecule has 4 rings (SSSR count). The molecule has 2 aromatic rings. The highest BCUT2D eigenvalue weighted by Crippen LogP contribution is 2.37. The number of hydrogen-bond acceptors (Lipinski definition) is 4. The number of sulfonamides is 1. The molecular weight excluding hydrogens is 374 g/mol. The predicted octanol–water partition coefficient (Wildman–Crippen LogP) is 2.59. The van der Waals surface area contributed by atoms with Gasteiger partial charge in [-0.2, -0.15) is 0 Å². The zero-order chi connectivity index (χ0) is 19.8. The summed E-state index contributed by atoms with van der Waals surface area (Å²) in [5.41, 5.74) is 1.09. The van der Waals surface area contributed by atoms with Crippen LogP contribution in [0.25, 0.3) is 0 Å². The van der Waals surface area contributed by atoms with Crippen molar-refractivity contribution in [3.8, 4) is 0 Å². The third-order valence-electron chi connectivity index (χ3n) is 5.61. The first-order valence-electron chi connectivity index (χ1n) is 9.38. The summed E-state index contributed by atoms with van der Waals surface area (Å²) in [5.74, 6) is -0.359. The Kier molecular flexibility index (Phi) is 4.81. The van der Waals surface area contributed by atoms with E-state index in [0.717, 1.165) is 12.1 Å². The van der Waals surface area contributed by atoms with Crippen LogP contribution in [0.2, 0.25) is 0 Å². The van der Waals surface area contributed by atoms with Crippen molar-refractivity contribution in [1.29, 1.82) is 0 Å². The summed E-state index contributed by atoms with van der Waals surface area (Å²) >= 11 is 0. The number of hydrogen-bond donors (Lipinski definition) is 0. The molecule has 1 spiro atoms. The van der Waals surface area contributed by atoms with E-state index < -0.39 is 15.6 Å². The van der Waals surface area contributed by atoms with Crippen LogP contribution < -0.4 is 0 Å². The van der Waals surface area contributed by atoms with Crippen molar-refractivity contribution in [2.75, 3.05) is 13.1 Å². The van der Waals surface area contributed by atoms with Crippen LogP contribution >= 0.6 is 0 Å². The van der Waals surface area contributed by atoms with Gasteiger partial charge in [-0.15, -0.1) is 0 Å². The molecule has 2 heterocycles. The Labute approximate surface area is 165 Å². The smallest absolute Gasteiger partial charge is 0.274 e. The van der Waals surface area contributed by atoms with Gasteiger partial charge in [-0.25, -0.2) is 17.7 Å². The molecule has 0 N–H and O–H groups in total. The molecule has 7 heteroatoms. The molecule has 2 aliphatic heterocycles. The summed E-state index contributed by atoms with van der Waals surface area (Å²) in [6.07, 6.45) is 2.07.